The van der Waals surface area contributed by atoms with Gasteiger partial charge in [-0.25, -0.2) is 4.98 Å². The van der Waals surface area contributed by atoms with E-state index < -0.39 is 0 Å². The maximum atomic E-state index is 13.3. The third-order valence-corrected chi connectivity index (χ3v) is 9.32. The van der Waals surface area contributed by atoms with Crippen molar-refractivity contribution in [2.24, 2.45) is 0 Å². The van der Waals surface area contributed by atoms with E-state index in [-0.39, 0.29) is 5.91 Å². The van der Waals surface area contributed by atoms with E-state index in [0.717, 1.165) is 51.8 Å². The molecule has 0 saturated carbocycles. The number of carbonyl (C=O) groups is 1. The number of anilines is 1. The van der Waals surface area contributed by atoms with E-state index in [1.807, 2.05) is 58.8 Å². The molecule has 1 aliphatic heterocycles. The fourth-order valence-electron chi connectivity index (χ4n) is 5.15. The van der Waals surface area contributed by atoms with Crippen LogP contribution in [0.25, 0.3) is 5.69 Å². The molecular formula is C32H32N6O2S2. The SMILES string of the molecule is COc1ccccc1N1CCN(C(=O)c2csc(CSc3nnc(Cc4ccccc4)n3-c3ccccc3C)n2)CC1. The molecule has 6 rings (SSSR count). The Morgan fingerprint density at radius 3 is 2.38 bits per heavy atom. The summed E-state index contributed by atoms with van der Waals surface area (Å²) < 4.78 is 7.67. The number of ether oxygens (including phenoxy) is 1. The molecule has 2 aromatic heterocycles. The van der Waals surface area contributed by atoms with Gasteiger partial charge in [0.2, 0.25) is 0 Å². The van der Waals surface area contributed by atoms with Crippen LogP contribution in [-0.2, 0) is 12.2 Å². The van der Waals surface area contributed by atoms with Crippen molar-refractivity contribution in [1.29, 1.82) is 0 Å². The molecule has 0 aliphatic carbocycles. The number of hydrogen-bond donors (Lipinski definition) is 0. The number of aromatic nitrogens is 4. The van der Waals surface area contributed by atoms with Crippen LogP contribution in [0, 0.1) is 6.92 Å². The predicted octanol–water partition coefficient (Wildman–Crippen LogP) is 5.89. The average Bonchev–Trinajstić information content (AvgIpc) is 3.67. The molecule has 0 bridgehead atoms. The molecule has 0 spiro atoms. The molecule has 0 N–H and O–H groups in total. The molecule has 1 aliphatic rings. The summed E-state index contributed by atoms with van der Waals surface area (Å²) in [5.41, 5.74) is 4.97. The number of para-hydroxylation sites is 3. The summed E-state index contributed by atoms with van der Waals surface area (Å²) >= 11 is 3.10. The van der Waals surface area contributed by atoms with Gasteiger partial charge in [0.25, 0.3) is 5.91 Å². The molecule has 3 heterocycles. The van der Waals surface area contributed by atoms with Crippen LogP contribution in [0.2, 0.25) is 0 Å². The highest BCUT2D eigenvalue weighted by atomic mass is 32.2. The normalized spacial score (nSPS) is 13.4. The minimum absolute atomic E-state index is 0.0181. The summed E-state index contributed by atoms with van der Waals surface area (Å²) in [5, 5.41) is 12.7. The number of carbonyl (C=O) groups excluding carboxylic acids is 1. The van der Waals surface area contributed by atoms with Crippen molar-refractivity contribution in [3.05, 3.63) is 112 Å². The number of aryl methyl sites for hydroxylation is 1. The molecule has 0 unspecified atom stereocenters. The van der Waals surface area contributed by atoms with Crippen LogP contribution in [0.4, 0.5) is 5.69 Å². The summed E-state index contributed by atoms with van der Waals surface area (Å²) in [4.78, 5) is 22.2. The molecule has 5 aromatic rings. The molecule has 42 heavy (non-hydrogen) atoms. The van der Waals surface area contributed by atoms with Crippen molar-refractivity contribution in [1.82, 2.24) is 24.6 Å². The lowest BCUT2D eigenvalue weighted by Crippen LogP contribution is -2.49. The summed E-state index contributed by atoms with van der Waals surface area (Å²) in [6.45, 7) is 4.88. The minimum Gasteiger partial charge on any atom is -0.495 e. The number of benzene rings is 3. The van der Waals surface area contributed by atoms with Crippen LogP contribution < -0.4 is 9.64 Å². The molecule has 10 heteroatoms. The second kappa shape index (κ2) is 12.8. The van der Waals surface area contributed by atoms with Gasteiger partial charge >= 0.3 is 0 Å². The van der Waals surface area contributed by atoms with Crippen molar-refractivity contribution in [2.45, 2.75) is 24.3 Å². The number of piperazine rings is 1. The van der Waals surface area contributed by atoms with Crippen molar-refractivity contribution in [3.63, 3.8) is 0 Å². The van der Waals surface area contributed by atoms with Gasteiger partial charge in [-0.05, 0) is 36.2 Å². The Hall–Kier alpha value is -4.15. The predicted molar refractivity (Wildman–Crippen MR) is 168 cm³/mol. The van der Waals surface area contributed by atoms with Crippen LogP contribution in [0.3, 0.4) is 0 Å². The third-order valence-electron chi connectivity index (χ3n) is 7.35. The first-order valence-electron chi connectivity index (χ1n) is 13.9. The molecule has 1 fully saturated rings. The van der Waals surface area contributed by atoms with E-state index in [1.54, 1.807) is 18.9 Å². The van der Waals surface area contributed by atoms with E-state index in [9.17, 15) is 4.79 Å². The Labute approximate surface area is 254 Å². The standard InChI is InChI=1S/C32H32N6O2S2/c1-23-10-6-7-13-26(23)38-29(20-24-11-4-3-5-12-24)34-35-32(38)42-22-30-33-25(21-41-30)31(39)37-18-16-36(17-19-37)27-14-8-9-15-28(27)40-2/h3-15,21H,16-20,22H2,1-2H3. The fraction of sp³-hybridized carbons (Fsp3) is 0.250. The highest BCUT2D eigenvalue weighted by Crippen LogP contribution is 2.30. The summed E-state index contributed by atoms with van der Waals surface area (Å²) in [6, 6.07) is 26.6. The van der Waals surface area contributed by atoms with Crippen LogP contribution in [0.15, 0.2) is 89.4 Å². The number of methoxy groups -OCH3 is 1. The van der Waals surface area contributed by atoms with Gasteiger partial charge in [0.15, 0.2) is 5.16 Å². The lowest BCUT2D eigenvalue weighted by molar-refractivity contribution is 0.0741. The fourth-order valence-corrected chi connectivity index (χ4v) is 6.90. The smallest absolute Gasteiger partial charge is 0.273 e. The summed E-state index contributed by atoms with van der Waals surface area (Å²) in [5.74, 6) is 2.33. The van der Waals surface area contributed by atoms with Crippen LogP contribution in [0.1, 0.15) is 32.4 Å². The van der Waals surface area contributed by atoms with E-state index in [0.29, 0.717) is 31.0 Å². The number of thiazole rings is 1. The summed E-state index contributed by atoms with van der Waals surface area (Å²) in [7, 11) is 1.69. The quantitative estimate of drug-likeness (QED) is 0.197. The molecule has 214 valence electrons. The lowest BCUT2D eigenvalue weighted by atomic mass is 10.1. The Kier molecular flexibility index (Phi) is 8.52. The van der Waals surface area contributed by atoms with E-state index in [1.165, 1.54) is 16.9 Å². The van der Waals surface area contributed by atoms with Gasteiger partial charge in [0.05, 0.1) is 24.2 Å². The van der Waals surface area contributed by atoms with Crippen LogP contribution in [0.5, 0.6) is 5.75 Å². The molecule has 0 atom stereocenters. The van der Waals surface area contributed by atoms with Gasteiger partial charge < -0.3 is 14.5 Å². The molecular weight excluding hydrogens is 565 g/mol. The topological polar surface area (TPSA) is 76.4 Å². The largest absolute Gasteiger partial charge is 0.495 e. The highest BCUT2D eigenvalue weighted by molar-refractivity contribution is 7.98. The Balaban J connectivity index is 1.13. The number of nitrogens with zero attached hydrogens (tertiary/aromatic N) is 6. The van der Waals surface area contributed by atoms with Crippen molar-refractivity contribution in [2.75, 3.05) is 38.2 Å². The molecule has 3 aromatic carbocycles. The first-order chi connectivity index (χ1) is 20.6. The van der Waals surface area contributed by atoms with Crippen molar-refractivity contribution in [3.8, 4) is 11.4 Å². The van der Waals surface area contributed by atoms with Gasteiger partial charge in [-0.3, -0.25) is 9.36 Å². The second-order valence-electron chi connectivity index (χ2n) is 10.0. The van der Waals surface area contributed by atoms with Gasteiger partial charge in [-0.1, -0.05) is 72.4 Å². The zero-order chi connectivity index (χ0) is 28.9. The van der Waals surface area contributed by atoms with E-state index in [4.69, 9.17) is 9.72 Å². The Morgan fingerprint density at radius 1 is 0.905 bits per heavy atom. The van der Waals surface area contributed by atoms with Crippen LogP contribution in [-0.4, -0.2) is 63.8 Å². The average molecular weight is 597 g/mol. The van der Waals surface area contributed by atoms with Crippen molar-refractivity contribution < 1.29 is 9.53 Å². The Morgan fingerprint density at radius 2 is 1.62 bits per heavy atom. The lowest BCUT2D eigenvalue weighted by Gasteiger charge is -2.36. The number of amides is 1. The number of rotatable bonds is 9. The second-order valence-corrected chi connectivity index (χ2v) is 11.9. The minimum atomic E-state index is -0.0181. The molecule has 1 saturated heterocycles. The van der Waals surface area contributed by atoms with E-state index >= 15 is 0 Å². The Bertz CT molecular complexity index is 1660. The third kappa shape index (κ3) is 6.05. The number of hydrogen-bond acceptors (Lipinski definition) is 8. The van der Waals surface area contributed by atoms with Gasteiger partial charge in [0, 0.05) is 38.0 Å². The van der Waals surface area contributed by atoms with E-state index in [2.05, 4.69) is 56.9 Å². The molecule has 1 amide bonds. The highest BCUT2D eigenvalue weighted by Gasteiger charge is 2.25. The first kappa shape index (κ1) is 28.0. The number of thioether (sulfide) groups is 1. The zero-order valence-corrected chi connectivity index (χ0v) is 25.3. The van der Waals surface area contributed by atoms with Crippen molar-refractivity contribution >= 4 is 34.7 Å². The zero-order valence-electron chi connectivity index (χ0n) is 23.6. The maximum Gasteiger partial charge on any atom is 0.273 e. The van der Waals surface area contributed by atoms with Gasteiger partial charge in [0.1, 0.15) is 22.3 Å². The first-order valence-corrected chi connectivity index (χ1v) is 15.8. The van der Waals surface area contributed by atoms with Crippen LogP contribution >= 0.6 is 23.1 Å². The maximum absolute atomic E-state index is 13.3. The monoisotopic (exact) mass is 596 g/mol. The molecule has 0 radical (unpaired) electrons. The van der Waals surface area contributed by atoms with Gasteiger partial charge in [-0.2, -0.15) is 0 Å². The van der Waals surface area contributed by atoms with Gasteiger partial charge in [-0.15, -0.1) is 21.5 Å². The summed E-state index contributed by atoms with van der Waals surface area (Å²) in [6.07, 6.45) is 0.683. The molecule has 8 nitrogen and oxygen atoms in total.